The minimum atomic E-state index is -1.04. The van der Waals surface area contributed by atoms with Crippen molar-refractivity contribution in [1.82, 2.24) is 5.16 Å². The lowest BCUT2D eigenvalue weighted by Gasteiger charge is -2.06. The standard InChI is InChI=1S/C15H13Cl2NO3/c16-9-5-6-10(11(17)7-9)13-12(15(19)20)14(21-18-13)8-3-1-2-4-8/h5-8H,1-4H2,(H,19,20). The zero-order valence-corrected chi connectivity index (χ0v) is 12.6. The summed E-state index contributed by atoms with van der Waals surface area (Å²) in [4.78, 5) is 11.6. The molecule has 3 rings (SSSR count). The molecule has 0 spiro atoms. The van der Waals surface area contributed by atoms with Gasteiger partial charge in [-0.3, -0.25) is 0 Å². The van der Waals surface area contributed by atoms with E-state index in [2.05, 4.69) is 5.16 Å². The first-order chi connectivity index (χ1) is 10.1. The summed E-state index contributed by atoms with van der Waals surface area (Å²) >= 11 is 12.0. The van der Waals surface area contributed by atoms with Crippen LogP contribution in [0.1, 0.15) is 47.7 Å². The molecule has 1 saturated carbocycles. The number of hydrogen-bond donors (Lipinski definition) is 1. The molecule has 0 aliphatic heterocycles. The summed E-state index contributed by atoms with van der Waals surface area (Å²) in [5, 5.41) is 14.3. The van der Waals surface area contributed by atoms with Crippen molar-refractivity contribution in [3.63, 3.8) is 0 Å². The Morgan fingerprint density at radius 1 is 1.29 bits per heavy atom. The monoisotopic (exact) mass is 325 g/mol. The molecule has 1 aromatic heterocycles. The Morgan fingerprint density at radius 2 is 2.00 bits per heavy atom. The Kier molecular flexibility index (Phi) is 3.91. The van der Waals surface area contributed by atoms with Gasteiger partial charge in [0.25, 0.3) is 0 Å². The van der Waals surface area contributed by atoms with Gasteiger partial charge < -0.3 is 9.63 Å². The quantitative estimate of drug-likeness (QED) is 0.862. The first-order valence-corrected chi connectivity index (χ1v) is 7.52. The van der Waals surface area contributed by atoms with Crippen LogP contribution in [-0.4, -0.2) is 16.2 Å². The molecule has 6 heteroatoms. The first kappa shape index (κ1) is 14.4. The third-order valence-corrected chi connectivity index (χ3v) is 4.39. The largest absolute Gasteiger partial charge is 0.477 e. The van der Waals surface area contributed by atoms with Crippen LogP contribution in [0.2, 0.25) is 10.0 Å². The second kappa shape index (κ2) is 5.70. The molecular weight excluding hydrogens is 313 g/mol. The molecule has 2 aromatic rings. The average Bonchev–Trinajstić information content (AvgIpc) is 3.07. The van der Waals surface area contributed by atoms with Crippen molar-refractivity contribution < 1.29 is 14.4 Å². The molecule has 1 fully saturated rings. The third kappa shape index (κ3) is 2.65. The van der Waals surface area contributed by atoms with Crippen molar-refractivity contribution in [1.29, 1.82) is 0 Å². The number of aromatic nitrogens is 1. The van der Waals surface area contributed by atoms with E-state index in [1.807, 2.05) is 0 Å². The number of benzene rings is 1. The van der Waals surface area contributed by atoms with Gasteiger partial charge in [0.2, 0.25) is 0 Å². The summed E-state index contributed by atoms with van der Waals surface area (Å²) in [7, 11) is 0. The minimum Gasteiger partial charge on any atom is -0.477 e. The summed E-state index contributed by atoms with van der Waals surface area (Å²) in [5.74, 6) is -0.455. The topological polar surface area (TPSA) is 63.3 Å². The van der Waals surface area contributed by atoms with Gasteiger partial charge in [-0.25, -0.2) is 4.79 Å². The van der Waals surface area contributed by atoms with E-state index in [-0.39, 0.29) is 17.2 Å². The molecule has 21 heavy (non-hydrogen) atoms. The van der Waals surface area contributed by atoms with Crippen LogP contribution >= 0.6 is 23.2 Å². The molecule has 110 valence electrons. The van der Waals surface area contributed by atoms with Crippen LogP contribution in [0.15, 0.2) is 22.7 Å². The van der Waals surface area contributed by atoms with E-state index in [0.717, 1.165) is 25.7 Å². The summed E-state index contributed by atoms with van der Waals surface area (Å²) in [5.41, 5.74) is 0.906. The van der Waals surface area contributed by atoms with Crippen molar-refractivity contribution in [3.05, 3.63) is 39.6 Å². The maximum atomic E-state index is 11.6. The highest BCUT2D eigenvalue weighted by atomic mass is 35.5. The summed E-state index contributed by atoms with van der Waals surface area (Å²) in [6.45, 7) is 0. The Morgan fingerprint density at radius 3 is 2.62 bits per heavy atom. The Hall–Kier alpha value is -1.52. The highest BCUT2D eigenvalue weighted by Gasteiger charge is 2.31. The van der Waals surface area contributed by atoms with Crippen LogP contribution in [0.25, 0.3) is 11.3 Å². The van der Waals surface area contributed by atoms with Crippen molar-refractivity contribution in [2.45, 2.75) is 31.6 Å². The number of aromatic carboxylic acids is 1. The number of carboxylic acids is 1. The van der Waals surface area contributed by atoms with Crippen LogP contribution in [-0.2, 0) is 0 Å². The fourth-order valence-electron chi connectivity index (χ4n) is 2.84. The minimum absolute atomic E-state index is 0.117. The zero-order chi connectivity index (χ0) is 15.0. The van der Waals surface area contributed by atoms with Gasteiger partial charge in [0.05, 0.1) is 5.02 Å². The molecule has 0 saturated heterocycles. The van der Waals surface area contributed by atoms with E-state index in [0.29, 0.717) is 21.4 Å². The lowest BCUT2D eigenvalue weighted by molar-refractivity contribution is 0.0694. The van der Waals surface area contributed by atoms with Gasteiger partial charge in [0.1, 0.15) is 11.3 Å². The van der Waals surface area contributed by atoms with Crippen LogP contribution < -0.4 is 0 Å². The molecule has 1 N–H and O–H groups in total. The molecule has 1 aromatic carbocycles. The van der Waals surface area contributed by atoms with Gasteiger partial charge in [0.15, 0.2) is 5.76 Å². The van der Waals surface area contributed by atoms with E-state index < -0.39 is 5.97 Å². The fraction of sp³-hybridized carbons (Fsp3) is 0.333. The second-order valence-electron chi connectivity index (χ2n) is 5.18. The van der Waals surface area contributed by atoms with Crippen LogP contribution in [0.3, 0.4) is 0 Å². The van der Waals surface area contributed by atoms with E-state index in [4.69, 9.17) is 27.7 Å². The SMILES string of the molecule is O=C(O)c1c(-c2ccc(Cl)cc2Cl)noc1C1CCCC1. The number of rotatable bonds is 3. The van der Waals surface area contributed by atoms with Gasteiger partial charge in [0, 0.05) is 16.5 Å². The second-order valence-corrected chi connectivity index (χ2v) is 6.02. The molecule has 0 unspecified atom stereocenters. The molecule has 0 radical (unpaired) electrons. The van der Waals surface area contributed by atoms with Gasteiger partial charge in [-0.15, -0.1) is 0 Å². The number of halogens is 2. The maximum Gasteiger partial charge on any atom is 0.341 e. The molecular formula is C15H13Cl2NO3. The van der Waals surface area contributed by atoms with Crippen LogP contribution in [0.4, 0.5) is 0 Å². The number of carbonyl (C=O) groups is 1. The molecule has 0 bridgehead atoms. The summed E-state index contributed by atoms with van der Waals surface area (Å²) < 4.78 is 5.36. The Bertz CT molecular complexity index is 690. The lowest BCUT2D eigenvalue weighted by Crippen LogP contribution is -2.04. The number of nitrogens with zero attached hydrogens (tertiary/aromatic N) is 1. The molecule has 0 amide bonds. The van der Waals surface area contributed by atoms with Crippen molar-refractivity contribution >= 4 is 29.2 Å². The average molecular weight is 326 g/mol. The number of carboxylic acid groups (broad SMARTS) is 1. The molecule has 4 nitrogen and oxygen atoms in total. The fourth-order valence-corrected chi connectivity index (χ4v) is 3.34. The van der Waals surface area contributed by atoms with Gasteiger partial charge in [-0.05, 0) is 31.0 Å². The molecule has 1 aliphatic rings. The zero-order valence-electron chi connectivity index (χ0n) is 11.1. The normalized spacial score (nSPS) is 15.5. The van der Waals surface area contributed by atoms with Crippen molar-refractivity contribution in [2.24, 2.45) is 0 Å². The van der Waals surface area contributed by atoms with E-state index in [9.17, 15) is 9.90 Å². The Balaban J connectivity index is 2.12. The van der Waals surface area contributed by atoms with Crippen LogP contribution in [0.5, 0.6) is 0 Å². The van der Waals surface area contributed by atoms with Crippen molar-refractivity contribution in [2.75, 3.05) is 0 Å². The van der Waals surface area contributed by atoms with Gasteiger partial charge >= 0.3 is 5.97 Å². The predicted molar refractivity (Wildman–Crippen MR) is 80.1 cm³/mol. The number of hydrogen-bond acceptors (Lipinski definition) is 3. The van der Waals surface area contributed by atoms with E-state index in [1.54, 1.807) is 18.2 Å². The maximum absolute atomic E-state index is 11.6. The van der Waals surface area contributed by atoms with E-state index >= 15 is 0 Å². The highest BCUT2D eigenvalue weighted by molar-refractivity contribution is 6.36. The summed E-state index contributed by atoms with van der Waals surface area (Å²) in [6, 6.07) is 4.87. The van der Waals surface area contributed by atoms with Gasteiger partial charge in [-0.2, -0.15) is 0 Å². The smallest absolute Gasteiger partial charge is 0.341 e. The Labute approximate surface area is 131 Å². The third-order valence-electron chi connectivity index (χ3n) is 3.84. The molecule has 1 aliphatic carbocycles. The highest BCUT2D eigenvalue weighted by Crippen LogP contribution is 2.40. The predicted octanol–water partition coefficient (Wildman–Crippen LogP) is 5.00. The first-order valence-electron chi connectivity index (χ1n) is 6.76. The van der Waals surface area contributed by atoms with E-state index in [1.165, 1.54) is 0 Å². The lowest BCUT2D eigenvalue weighted by atomic mass is 9.97. The summed E-state index contributed by atoms with van der Waals surface area (Å²) in [6.07, 6.45) is 4.04. The molecule has 0 atom stereocenters. The molecule has 1 heterocycles. The van der Waals surface area contributed by atoms with Crippen LogP contribution in [0, 0.1) is 0 Å². The van der Waals surface area contributed by atoms with Gasteiger partial charge in [-0.1, -0.05) is 41.2 Å². The van der Waals surface area contributed by atoms with Crippen molar-refractivity contribution in [3.8, 4) is 11.3 Å².